The van der Waals surface area contributed by atoms with Gasteiger partial charge in [0.05, 0.1) is 0 Å². The van der Waals surface area contributed by atoms with Crippen molar-refractivity contribution in [2.45, 2.75) is 153 Å². The molecule has 0 radical (unpaired) electrons. The van der Waals surface area contributed by atoms with Gasteiger partial charge in [-0.05, 0) is 71.9 Å². The highest BCUT2D eigenvalue weighted by Gasteiger charge is 2.26. The zero-order valence-corrected chi connectivity index (χ0v) is 29.1. The van der Waals surface area contributed by atoms with Crippen molar-refractivity contribution in [2.24, 2.45) is 0 Å². The van der Waals surface area contributed by atoms with E-state index in [0.717, 1.165) is 39.3 Å². The lowest BCUT2D eigenvalue weighted by Crippen LogP contribution is -2.49. The van der Waals surface area contributed by atoms with Crippen LogP contribution < -0.4 is 31.9 Å². The van der Waals surface area contributed by atoms with Gasteiger partial charge in [0.15, 0.2) is 0 Å². The molecule has 3 fully saturated rings. The first kappa shape index (κ1) is 33.9. The number of nitrogens with one attached hydrogen (secondary N) is 6. The maximum atomic E-state index is 3.93. The number of hydrogen-bond acceptors (Lipinski definition) is 6. The van der Waals surface area contributed by atoms with Crippen molar-refractivity contribution in [2.75, 3.05) is 0 Å². The fourth-order valence-electron chi connectivity index (χ4n) is 8.68. The summed E-state index contributed by atoms with van der Waals surface area (Å²) in [6.45, 7) is 5.61. The Morgan fingerprint density at radius 2 is 0.396 bits per heavy atom. The van der Waals surface area contributed by atoms with Crippen molar-refractivity contribution < 1.29 is 0 Å². The van der Waals surface area contributed by atoms with Crippen molar-refractivity contribution in [3.63, 3.8) is 0 Å². The van der Waals surface area contributed by atoms with E-state index in [1.165, 1.54) is 110 Å². The third-order valence-corrected chi connectivity index (χ3v) is 11.8. The molecular formula is C42H60N6. The van der Waals surface area contributed by atoms with Gasteiger partial charge in [0.2, 0.25) is 0 Å². The van der Waals surface area contributed by atoms with Crippen LogP contribution in [0, 0.1) is 0 Å². The van der Waals surface area contributed by atoms with Gasteiger partial charge in [0, 0.05) is 75.5 Å². The second kappa shape index (κ2) is 17.4. The number of hydrogen-bond donors (Lipinski definition) is 6. The van der Waals surface area contributed by atoms with Gasteiger partial charge in [-0.1, -0.05) is 111 Å². The van der Waals surface area contributed by atoms with Gasteiger partial charge in [0.25, 0.3) is 0 Å². The minimum absolute atomic E-state index is 0.523. The second-order valence-electron chi connectivity index (χ2n) is 15.2. The Morgan fingerprint density at radius 3 is 0.542 bits per heavy atom. The standard InChI is InChI=1S/C42H60N6/c1-2-8-38-37(7-1)43-25-31-13-15-33(16-14-31)27-45-39-9-3-4-10-40(39)47-29-35-21-23-36(24-22-35)30-48-42-12-6-5-11-41(42)46-28-34-19-17-32(18-20-34)26-44-38/h13-24,37-48H,1-12,25-30H2. The van der Waals surface area contributed by atoms with Gasteiger partial charge in [-0.3, -0.25) is 0 Å². The fraction of sp³-hybridized carbons (Fsp3) is 0.571. The van der Waals surface area contributed by atoms with E-state index in [1.54, 1.807) is 0 Å². The van der Waals surface area contributed by atoms with E-state index in [1.807, 2.05) is 0 Å². The third kappa shape index (κ3) is 9.56. The average molecular weight is 649 g/mol. The molecule has 0 amide bonds. The molecule has 258 valence electrons. The lowest BCUT2D eigenvalue weighted by Gasteiger charge is -2.34. The van der Waals surface area contributed by atoms with Gasteiger partial charge in [0.1, 0.15) is 0 Å². The summed E-state index contributed by atoms with van der Waals surface area (Å²) in [7, 11) is 0. The van der Waals surface area contributed by atoms with Crippen LogP contribution in [0.25, 0.3) is 0 Å². The third-order valence-electron chi connectivity index (χ3n) is 11.8. The molecule has 6 bridgehead atoms. The summed E-state index contributed by atoms with van der Waals surface area (Å²) in [5.74, 6) is 0. The maximum Gasteiger partial charge on any atom is 0.0224 e. The number of benzene rings is 3. The van der Waals surface area contributed by atoms with Crippen molar-refractivity contribution in [3.05, 3.63) is 106 Å². The topological polar surface area (TPSA) is 72.2 Å². The molecule has 6 heterocycles. The summed E-state index contributed by atoms with van der Waals surface area (Å²) in [5, 5.41) is 23.6. The Labute approximate surface area is 290 Å². The fourth-order valence-corrected chi connectivity index (χ4v) is 8.68. The summed E-state index contributed by atoms with van der Waals surface area (Å²) in [6.07, 6.45) is 15.5. The van der Waals surface area contributed by atoms with E-state index >= 15 is 0 Å². The summed E-state index contributed by atoms with van der Waals surface area (Å²) in [5.41, 5.74) is 8.28. The molecule has 6 atom stereocenters. The minimum atomic E-state index is 0.523. The molecule has 48 heavy (non-hydrogen) atoms. The van der Waals surface area contributed by atoms with E-state index in [0.29, 0.717) is 36.3 Å². The first-order valence-corrected chi connectivity index (χ1v) is 19.4. The summed E-state index contributed by atoms with van der Waals surface area (Å²) < 4.78 is 0. The highest BCUT2D eigenvalue weighted by atomic mass is 15.0. The van der Waals surface area contributed by atoms with E-state index in [-0.39, 0.29) is 0 Å². The van der Waals surface area contributed by atoms with Crippen LogP contribution in [-0.4, -0.2) is 36.3 Å². The lowest BCUT2D eigenvalue weighted by atomic mass is 9.89. The van der Waals surface area contributed by atoms with Crippen LogP contribution >= 0.6 is 0 Å². The van der Waals surface area contributed by atoms with Crippen LogP contribution in [0.1, 0.15) is 110 Å². The Bertz CT molecular complexity index is 1100. The molecule has 3 aromatic carbocycles. The van der Waals surface area contributed by atoms with Crippen LogP contribution in [0.2, 0.25) is 0 Å². The molecule has 0 aromatic heterocycles. The highest BCUT2D eigenvalue weighted by Crippen LogP contribution is 2.23. The van der Waals surface area contributed by atoms with E-state index in [9.17, 15) is 0 Å². The van der Waals surface area contributed by atoms with E-state index in [4.69, 9.17) is 0 Å². The molecule has 6 nitrogen and oxygen atoms in total. The minimum Gasteiger partial charge on any atom is -0.308 e. The summed E-state index contributed by atoms with van der Waals surface area (Å²) in [6, 6.07) is 31.1. The lowest BCUT2D eigenvalue weighted by molar-refractivity contribution is 0.280. The monoisotopic (exact) mass is 648 g/mol. The maximum absolute atomic E-state index is 3.93. The smallest absolute Gasteiger partial charge is 0.0224 e. The molecule has 0 saturated heterocycles. The molecule has 3 aromatic rings. The first-order chi connectivity index (χ1) is 23.7. The quantitative estimate of drug-likeness (QED) is 0.166. The zero-order chi connectivity index (χ0) is 32.4. The molecule has 9 aliphatic rings. The largest absolute Gasteiger partial charge is 0.308 e. The molecule has 6 aliphatic heterocycles. The molecule has 3 aliphatic carbocycles. The molecule has 6 unspecified atom stereocenters. The van der Waals surface area contributed by atoms with Crippen molar-refractivity contribution in [1.82, 2.24) is 31.9 Å². The van der Waals surface area contributed by atoms with Crippen LogP contribution in [0.3, 0.4) is 0 Å². The van der Waals surface area contributed by atoms with Crippen LogP contribution in [0.15, 0.2) is 72.8 Å². The Morgan fingerprint density at radius 1 is 0.250 bits per heavy atom. The molecule has 6 N–H and O–H groups in total. The highest BCUT2D eigenvalue weighted by molar-refractivity contribution is 5.25. The van der Waals surface area contributed by atoms with Gasteiger partial charge in [-0.2, -0.15) is 0 Å². The molecule has 3 saturated carbocycles. The van der Waals surface area contributed by atoms with Gasteiger partial charge in [-0.25, -0.2) is 0 Å². The summed E-state index contributed by atoms with van der Waals surface area (Å²) in [4.78, 5) is 0. The molecule has 6 heteroatoms. The number of rotatable bonds is 0. The van der Waals surface area contributed by atoms with Crippen molar-refractivity contribution in [3.8, 4) is 0 Å². The Hall–Kier alpha value is -2.58. The van der Waals surface area contributed by atoms with Crippen molar-refractivity contribution in [1.29, 1.82) is 0 Å². The SMILES string of the molecule is c1cc2ccc1CNC1CCCCC1NCc1ccc(cc1)CNC1CCCCC1NCc1ccc(cc1)CNC1CCCCC1NC2. The molecular weight excluding hydrogens is 589 g/mol. The molecule has 12 rings (SSSR count). The summed E-state index contributed by atoms with van der Waals surface area (Å²) >= 11 is 0. The van der Waals surface area contributed by atoms with Gasteiger partial charge in [-0.15, -0.1) is 0 Å². The van der Waals surface area contributed by atoms with Gasteiger partial charge >= 0.3 is 0 Å². The van der Waals surface area contributed by atoms with Crippen LogP contribution in [-0.2, 0) is 39.3 Å². The van der Waals surface area contributed by atoms with E-state index in [2.05, 4.69) is 105 Å². The second-order valence-corrected chi connectivity index (χ2v) is 15.2. The first-order valence-electron chi connectivity index (χ1n) is 19.4. The van der Waals surface area contributed by atoms with E-state index < -0.39 is 0 Å². The molecule has 0 spiro atoms. The zero-order valence-electron chi connectivity index (χ0n) is 29.1. The predicted octanol–water partition coefficient (Wildman–Crippen LogP) is 6.57. The predicted molar refractivity (Wildman–Crippen MR) is 198 cm³/mol. The van der Waals surface area contributed by atoms with Gasteiger partial charge < -0.3 is 31.9 Å². The normalized spacial score (nSPS) is 29.8. The van der Waals surface area contributed by atoms with Crippen molar-refractivity contribution >= 4 is 0 Å². The van der Waals surface area contributed by atoms with Crippen LogP contribution in [0.5, 0.6) is 0 Å². The van der Waals surface area contributed by atoms with Crippen LogP contribution in [0.4, 0.5) is 0 Å². The Kier molecular flexibility index (Phi) is 12.3. The Balaban J connectivity index is 1.03. The average Bonchev–Trinajstić information content (AvgIpc) is 3.15.